The maximum absolute atomic E-state index is 13.5. The number of rotatable bonds is 4. The highest BCUT2D eigenvalue weighted by molar-refractivity contribution is 14.0. The van der Waals surface area contributed by atoms with Crippen LogP contribution in [0.25, 0.3) is 0 Å². The predicted molar refractivity (Wildman–Crippen MR) is 123 cm³/mol. The lowest BCUT2D eigenvalue weighted by molar-refractivity contribution is 0.372. The molecule has 0 atom stereocenters. The van der Waals surface area contributed by atoms with Gasteiger partial charge in [-0.15, -0.1) is 24.0 Å². The second kappa shape index (κ2) is 10.5. The quantitative estimate of drug-likeness (QED) is 0.347. The number of anilines is 1. The lowest BCUT2D eigenvalue weighted by Crippen LogP contribution is -2.52. The first-order valence-electron chi connectivity index (χ1n) is 8.57. The smallest absolute Gasteiger partial charge is 0.205 e. The van der Waals surface area contributed by atoms with Crippen LogP contribution in [0.2, 0.25) is 0 Å². The van der Waals surface area contributed by atoms with Crippen molar-refractivity contribution in [2.75, 3.05) is 38.1 Å². The van der Waals surface area contributed by atoms with Crippen molar-refractivity contribution in [3.63, 3.8) is 0 Å². The van der Waals surface area contributed by atoms with Gasteiger partial charge in [0.25, 0.3) is 0 Å². The van der Waals surface area contributed by atoms with E-state index >= 15 is 0 Å². The number of guanidine groups is 1. The van der Waals surface area contributed by atoms with Gasteiger partial charge in [0.05, 0.1) is 0 Å². The molecule has 0 radical (unpaired) electrons. The van der Waals surface area contributed by atoms with Crippen LogP contribution in [-0.2, 0) is 13.0 Å². The zero-order valence-corrected chi connectivity index (χ0v) is 20.0. The van der Waals surface area contributed by atoms with E-state index in [0.717, 1.165) is 59.6 Å². The molecular weight excluding hydrogens is 546 g/mol. The molecule has 27 heavy (non-hydrogen) atoms. The first kappa shape index (κ1) is 22.3. The Balaban J connectivity index is 0.00000261. The van der Waals surface area contributed by atoms with Crippen molar-refractivity contribution in [1.82, 2.24) is 19.6 Å². The molecule has 2 aromatic rings. The third kappa shape index (κ3) is 5.98. The maximum Gasteiger partial charge on any atom is 0.205 e. The van der Waals surface area contributed by atoms with Crippen molar-refractivity contribution >= 4 is 62.5 Å². The Morgan fingerprint density at radius 3 is 2.63 bits per heavy atom. The number of nitrogens with zero attached hydrogens (tertiary/aromatic N) is 5. The zero-order chi connectivity index (χ0) is 18.5. The zero-order valence-electron chi connectivity index (χ0n) is 15.3. The van der Waals surface area contributed by atoms with Crippen LogP contribution in [0.15, 0.2) is 27.7 Å². The predicted octanol–water partition coefficient (Wildman–Crippen LogP) is 3.52. The number of aryl methyl sites for hydroxylation is 1. The van der Waals surface area contributed by atoms with Gasteiger partial charge in [0, 0.05) is 62.2 Å². The van der Waals surface area contributed by atoms with Gasteiger partial charge in [0.2, 0.25) is 5.13 Å². The third-order valence-electron chi connectivity index (χ3n) is 4.21. The van der Waals surface area contributed by atoms with Gasteiger partial charge in [0.1, 0.15) is 11.6 Å². The molecular formula is C17H23BrFIN6S. The highest BCUT2D eigenvalue weighted by Gasteiger charge is 2.22. The summed E-state index contributed by atoms with van der Waals surface area (Å²) in [5, 5.41) is 4.32. The maximum atomic E-state index is 13.5. The average molecular weight is 569 g/mol. The van der Waals surface area contributed by atoms with E-state index in [1.54, 1.807) is 7.05 Å². The number of aromatic nitrogens is 2. The molecule has 1 N–H and O–H groups in total. The summed E-state index contributed by atoms with van der Waals surface area (Å²) >= 11 is 4.79. The first-order valence-corrected chi connectivity index (χ1v) is 10.1. The SMILES string of the molecule is CCc1nsc(N2CCN(C(=NC)NCc3cc(F)cc(Br)c3)CC2)n1.I. The minimum atomic E-state index is -0.247. The van der Waals surface area contributed by atoms with Gasteiger partial charge in [-0.2, -0.15) is 4.37 Å². The van der Waals surface area contributed by atoms with Gasteiger partial charge in [0.15, 0.2) is 5.96 Å². The van der Waals surface area contributed by atoms with E-state index in [9.17, 15) is 4.39 Å². The van der Waals surface area contributed by atoms with Crippen molar-refractivity contribution in [2.24, 2.45) is 4.99 Å². The van der Waals surface area contributed by atoms with Crippen molar-refractivity contribution in [3.8, 4) is 0 Å². The molecule has 1 aromatic heterocycles. The van der Waals surface area contributed by atoms with Crippen LogP contribution < -0.4 is 10.2 Å². The number of piperazine rings is 1. The molecule has 0 aliphatic carbocycles. The molecule has 6 nitrogen and oxygen atoms in total. The number of hydrogen-bond donors (Lipinski definition) is 1. The van der Waals surface area contributed by atoms with E-state index in [2.05, 4.69) is 52.3 Å². The second-order valence-corrected chi connectivity index (χ2v) is 7.65. The molecule has 1 aromatic carbocycles. The average Bonchev–Trinajstić information content (AvgIpc) is 3.11. The number of benzene rings is 1. The lowest BCUT2D eigenvalue weighted by atomic mass is 10.2. The van der Waals surface area contributed by atoms with Crippen LogP contribution in [0.3, 0.4) is 0 Å². The van der Waals surface area contributed by atoms with Crippen LogP contribution in [0.5, 0.6) is 0 Å². The van der Waals surface area contributed by atoms with Crippen molar-refractivity contribution < 1.29 is 4.39 Å². The minimum Gasteiger partial charge on any atom is -0.352 e. The van der Waals surface area contributed by atoms with Crippen molar-refractivity contribution in [3.05, 3.63) is 39.9 Å². The third-order valence-corrected chi connectivity index (χ3v) is 5.48. The van der Waals surface area contributed by atoms with Gasteiger partial charge in [-0.25, -0.2) is 9.37 Å². The fraction of sp³-hybridized carbons (Fsp3) is 0.471. The molecule has 0 bridgehead atoms. The van der Waals surface area contributed by atoms with E-state index < -0.39 is 0 Å². The molecule has 3 rings (SSSR count). The highest BCUT2D eigenvalue weighted by atomic mass is 127. The van der Waals surface area contributed by atoms with Gasteiger partial charge in [-0.05, 0) is 23.8 Å². The van der Waals surface area contributed by atoms with Gasteiger partial charge in [-0.1, -0.05) is 22.9 Å². The van der Waals surface area contributed by atoms with Crippen molar-refractivity contribution in [2.45, 2.75) is 19.9 Å². The van der Waals surface area contributed by atoms with Gasteiger partial charge in [-0.3, -0.25) is 4.99 Å². The van der Waals surface area contributed by atoms with Crippen LogP contribution >= 0.6 is 51.4 Å². The molecule has 10 heteroatoms. The van der Waals surface area contributed by atoms with E-state index in [1.807, 2.05) is 6.07 Å². The minimum absolute atomic E-state index is 0. The Bertz CT molecular complexity index is 758. The van der Waals surface area contributed by atoms with Gasteiger partial charge >= 0.3 is 0 Å². The lowest BCUT2D eigenvalue weighted by Gasteiger charge is -2.36. The summed E-state index contributed by atoms with van der Waals surface area (Å²) in [7, 11) is 1.77. The van der Waals surface area contributed by atoms with E-state index in [-0.39, 0.29) is 29.8 Å². The largest absolute Gasteiger partial charge is 0.352 e. The summed E-state index contributed by atoms with van der Waals surface area (Å²) in [6.45, 7) is 6.06. The Labute approximate surface area is 188 Å². The molecule has 1 saturated heterocycles. The molecule has 0 unspecified atom stereocenters. The summed E-state index contributed by atoms with van der Waals surface area (Å²) in [5.74, 6) is 1.49. The second-order valence-electron chi connectivity index (χ2n) is 6.00. The van der Waals surface area contributed by atoms with Crippen LogP contribution in [0.1, 0.15) is 18.3 Å². The highest BCUT2D eigenvalue weighted by Crippen LogP contribution is 2.19. The molecule has 0 amide bonds. The summed E-state index contributed by atoms with van der Waals surface area (Å²) in [6.07, 6.45) is 0.864. The Morgan fingerprint density at radius 2 is 2.04 bits per heavy atom. The number of hydrogen-bond acceptors (Lipinski definition) is 5. The molecule has 2 heterocycles. The Kier molecular flexibility index (Phi) is 8.67. The molecule has 148 valence electrons. The monoisotopic (exact) mass is 568 g/mol. The normalized spacial score (nSPS) is 14.9. The first-order chi connectivity index (χ1) is 12.6. The number of halogens is 3. The summed E-state index contributed by atoms with van der Waals surface area (Å²) < 4.78 is 18.6. The summed E-state index contributed by atoms with van der Waals surface area (Å²) in [6, 6.07) is 4.89. The van der Waals surface area contributed by atoms with Gasteiger partial charge < -0.3 is 15.1 Å². The summed E-state index contributed by atoms with van der Waals surface area (Å²) in [5.41, 5.74) is 0.873. The molecule has 0 spiro atoms. The molecule has 1 fully saturated rings. The van der Waals surface area contributed by atoms with Crippen LogP contribution in [-0.4, -0.2) is 53.4 Å². The fourth-order valence-corrected chi connectivity index (χ4v) is 4.17. The van der Waals surface area contributed by atoms with Crippen LogP contribution in [0.4, 0.5) is 9.52 Å². The summed E-state index contributed by atoms with van der Waals surface area (Å²) in [4.78, 5) is 13.4. The fourth-order valence-electron chi connectivity index (χ4n) is 2.85. The Morgan fingerprint density at radius 1 is 1.30 bits per heavy atom. The molecule has 1 aliphatic rings. The topological polar surface area (TPSA) is 56.7 Å². The molecule has 1 aliphatic heterocycles. The standard InChI is InChI=1S/C17H22BrFN6S.HI/c1-3-15-22-17(26-23-15)25-6-4-24(5-7-25)16(20-2)21-11-12-8-13(18)10-14(19)9-12;/h8-10H,3-7,11H2,1-2H3,(H,20,21);1H. The van der Waals surface area contributed by atoms with E-state index in [0.29, 0.717) is 6.54 Å². The Hall–Kier alpha value is -1.01. The molecule has 0 saturated carbocycles. The van der Waals surface area contributed by atoms with Crippen LogP contribution in [0, 0.1) is 5.82 Å². The van der Waals surface area contributed by atoms with Crippen molar-refractivity contribution in [1.29, 1.82) is 0 Å². The van der Waals surface area contributed by atoms with E-state index in [1.165, 1.54) is 23.7 Å². The van der Waals surface area contributed by atoms with E-state index in [4.69, 9.17) is 0 Å². The number of aliphatic imine (C=N–C) groups is 1. The number of nitrogens with one attached hydrogen (secondary N) is 1.